The average molecular weight is 166 g/mol. The van der Waals surface area contributed by atoms with Crippen LogP contribution < -0.4 is 9.75 Å². The number of thiophene rings is 1. The summed E-state index contributed by atoms with van der Waals surface area (Å²) < 4.78 is 1.35. The van der Waals surface area contributed by atoms with Gasteiger partial charge in [0.05, 0.1) is 0 Å². The van der Waals surface area contributed by atoms with E-state index >= 15 is 0 Å². The summed E-state index contributed by atoms with van der Waals surface area (Å²) in [4.78, 5) is 0. The van der Waals surface area contributed by atoms with E-state index in [2.05, 4.69) is 31.0 Å². The third-order valence-corrected chi connectivity index (χ3v) is 2.62. The normalized spacial score (nSPS) is 12.3. The van der Waals surface area contributed by atoms with Crippen LogP contribution in [0.3, 0.4) is 0 Å². The van der Waals surface area contributed by atoms with Gasteiger partial charge >= 0.3 is 0 Å². The van der Waals surface area contributed by atoms with Crippen molar-refractivity contribution in [2.45, 2.75) is 26.2 Å². The van der Waals surface area contributed by atoms with Crippen molar-refractivity contribution < 1.29 is 0 Å². The fourth-order valence-electron chi connectivity index (χ4n) is 0.964. The molecule has 11 heavy (non-hydrogen) atoms. The monoisotopic (exact) mass is 166 g/mol. The van der Waals surface area contributed by atoms with Crippen molar-refractivity contribution in [3.63, 3.8) is 0 Å². The third-order valence-electron chi connectivity index (χ3n) is 1.67. The Morgan fingerprint density at radius 2 is 2.45 bits per heavy atom. The van der Waals surface area contributed by atoms with Gasteiger partial charge in [-0.15, -0.1) is 11.3 Å². The van der Waals surface area contributed by atoms with Gasteiger partial charge < -0.3 is 0 Å². The summed E-state index contributed by atoms with van der Waals surface area (Å²) in [6, 6.07) is 2.07. The van der Waals surface area contributed by atoms with E-state index < -0.39 is 0 Å². The van der Waals surface area contributed by atoms with E-state index in [4.69, 9.17) is 0 Å². The van der Waals surface area contributed by atoms with Gasteiger partial charge in [-0.3, -0.25) is 0 Å². The molecular formula is C10H14S. The SMILES string of the molecule is C=c1ccs/c1=C/CCCC. The second-order valence-corrected chi connectivity index (χ2v) is 3.60. The van der Waals surface area contributed by atoms with Crippen LogP contribution in [0.5, 0.6) is 0 Å². The molecule has 1 aromatic heterocycles. The summed E-state index contributed by atoms with van der Waals surface area (Å²) in [6.45, 7) is 6.15. The predicted molar refractivity (Wildman–Crippen MR) is 53.1 cm³/mol. The van der Waals surface area contributed by atoms with Gasteiger partial charge in [-0.2, -0.15) is 0 Å². The zero-order valence-corrected chi connectivity index (χ0v) is 7.79. The largest absolute Gasteiger partial charge is 0.144 e. The Morgan fingerprint density at radius 1 is 1.64 bits per heavy atom. The zero-order valence-electron chi connectivity index (χ0n) is 6.97. The first-order valence-electron chi connectivity index (χ1n) is 4.07. The maximum absolute atomic E-state index is 3.94. The summed E-state index contributed by atoms with van der Waals surface area (Å²) in [5.74, 6) is 0. The molecule has 0 radical (unpaired) electrons. The van der Waals surface area contributed by atoms with Crippen molar-refractivity contribution in [3.8, 4) is 0 Å². The van der Waals surface area contributed by atoms with Crippen molar-refractivity contribution in [3.05, 3.63) is 21.2 Å². The lowest BCUT2D eigenvalue weighted by atomic mass is 10.2. The van der Waals surface area contributed by atoms with E-state index in [-0.39, 0.29) is 0 Å². The van der Waals surface area contributed by atoms with Crippen LogP contribution in [0.1, 0.15) is 26.2 Å². The molecule has 0 fully saturated rings. The highest BCUT2D eigenvalue weighted by molar-refractivity contribution is 7.07. The van der Waals surface area contributed by atoms with E-state index in [1.165, 1.54) is 29.0 Å². The molecule has 1 aromatic rings. The van der Waals surface area contributed by atoms with E-state index in [0.29, 0.717) is 0 Å². The van der Waals surface area contributed by atoms with E-state index in [1.807, 2.05) is 0 Å². The molecule has 0 unspecified atom stereocenters. The first-order chi connectivity index (χ1) is 5.34. The second-order valence-electron chi connectivity index (χ2n) is 2.66. The molecule has 0 saturated carbocycles. The molecule has 0 spiro atoms. The van der Waals surface area contributed by atoms with Crippen LogP contribution in [0.15, 0.2) is 11.4 Å². The van der Waals surface area contributed by atoms with Crippen molar-refractivity contribution in [2.24, 2.45) is 0 Å². The van der Waals surface area contributed by atoms with Gasteiger partial charge in [0.25, 0.3) is 0 Å². The van der Waals surface area contributed by atoms with E-state index in [0.717, 1.165) is 0 Å². The molecule has 60 valence electrons. The minimum absolute atomic E-state index is 1.17. The molecule has 1 heteroatoms. The molecule has 0 nitrogen and oxygen atoms in total. The van der Waals surface area contributed by atoms with Crippen LogP contribution >= 0.6 is 11.3 Å². The lowest BCUT2D eigenvalue weighted by Gasteiger charge is -1.85. The smallest absolute Gasteiger partial charge is 0.0296 e. The number of unbranched alkanes of at least 4 members (excludes halogenated alkanes) is 2. The fourth-order valence-corrected chi connectivity index (χ4v) is 1.78. The Balaban J connectivity index is 2.68. The minimum Gasteiger partial charge on any atom is -0.144 e. The Hall–Kier alpha value is -0.560. The standard InChI is InChI=1S/C10H14S/c1-3-4-5-6-10-9(2)7-8-11-10/h6-8H,2-5H2,1H3/b10-6+. The van der Waals surface area contributed by atoms with Crippen LogP contribution in [0.4, 0.5) is 0 Å². The van der Waals surface area contributed by atoms with E-state index in [9.17, 15) is 0 Å². The first kappa shape index (κ1) is 8.54. The summed E-state index contributed by atoms with van der Waals surface area (Å²) in [5.41, 5.74) is 0. The zero-order chi connectivity index (χ0) is 8.10. The maximum Gasteiger partial charge on any atom is 0.0296 e. The lowest BCUT2D eigenvalue weighted by Crippen LogP contribution is -2.14. The predicted octanol–water partition coefficient (Wildman–Crippen LogP) is 2.13. The van der Waals surface area contributed by atoms with Crippen LogP contribution in [0.25, 0.3) is 12.7 Å². The molecule has 0 aliphatic carbocycles. The van der Waals surface area contributed by atoms with E-state index in [1.54, 1.807) is 11.3 Å². The molecule has 0 atom stereocenters. The third kappa shape index (κ3) is 2.51. The maximum atomic E-state index is 3.94. The Labute approximate surface area is 71.9 Å². The number of rotatable bonds is 3. The fraction of sp³-hybridized carbons (Fsp3) is 0.400. The van der Waals surface area contributed by atoms with Gasteiger partial charge in [-0.25, -0.2) is 0 Å². The molecule has 1 rings (SSSR count). The molecule has 0 aliphatic rings. The highest BCUT2D eigenvalue weighted by Crippen LogP contribution is 1.94. The molecule has 0 aromatic carbocycles. The number of hydrogen-bond donors (Lipinski definition) is 0. The van der Waals surface area contributed by atoms with Gasteiger partial charge in [-0.05, 0) is 23.1 Å². The molecule has 0 aliphatic heterocycles. The van der Waals surface area contributed by atoms with Gasteiger partial charge in [0.2, 0.25) is 0 Å². The second kappa shape index (κ2) is 4.35. The molecule has 0 bridgehead atoms. The van der Waals surface area contributed by atoms with Crippen molar-refractivity contribution in [1.29, 1.82) is 0 Å². The molecule has 0 N–H and O–H groups in total. The Morgan fingerprint density at radius 3 is 3.00 bits per heavy atom. The highest BCUT2D eigenvalue weighted by Gasteiger charge is 1.83. The van der Waals surface area contributed by atoms with Gasteiger partial charge in [0.1, 0.15) is 0 Å². The topological polar surface area (TPSA) is 0 Å². The number of hydrogen-bond acceptors (Lipinski definition) is 1. The highest BCUT2D eigenvalue weighted by atomic mass is 32.1. The Kier molecular flexibility index (Phi) is 3.37. The molecule has 1 heterocycles. The quantitative estimate of drug-likeness (QED) is 0.603. The van der Waals surface area contributed by atoms with Crippen LogP contribution in [0, 0.1) is 0 Å². The van der Waals surface area contributed by atoms with Crippen LogP contribution in [0.2, 0.25) is 0 Å². The summed E-state index contributed by atoms with van der Waals surface area (Å²) >= 11 is 1.78. The first-order valence-corrected chi connectivity index (χ1v) is 4.95. The van der Waals surface area contributed by atoms with Crippen LogP contribution in [-0.2, 0) is 0 Å². The van der Waals surface area contributed by atoms with Gasteiger partial charge in [0, 0.05) is 4.53 Å². The van der Waals surface area contributed by atoms with Crippen molar-refractivity contribution >= 4 is 24.0 Å². The average Bonchev–Trinajstić information content (AvgIpc) is 2.37. The van der Waals surface area contributed by atoms with Gasteiger partial charge in [0.15, 0.2) is 0 Å². The Bertz CT molecular complexity index is 295. The summed E-state index contributed by atoms with van der Waals surface area (Å²) in [5, 5.41) is 3.27. The summed E-state index contributed by atoms with van der Waals surface area (Å²) in [6.07, 6.45) is 6.04. The summed E-state index contributed by atoms with van der Waals surface area (Å²) in [7, 11) is 0. The van der Waals surface area contributed by atoms with Crippen LogP contribution in [-0.4, -0.2) is 0 Å². The van der Waals surface area contributed by atoms with Crippen molar-refractivity contribution in [2.75, 3.05) is 0 Å². The molecule has 0 amide bonds. The van der Waals surface area contributed by atoms with Gasteiger partial charge in [-0.1, -0.05) is 32.4 Å². The molecular weight excluding hydrogens is 152 g/mol. The molecule has 0 saturated heterocycles. The lowest BCUT2D eigenvalue weighted by molar-refractivity contribution is 0.834. The minimum atomic E-state index is 1.17. The van der Waals surface area contributed by atoms with Crippen molar-refractivity contribution in [1.82, 2.24) is 0 Å².